The summed E-state index contributed by atoms with van der Waals surface area (Å²) in [6.07, 6.45) is 1.20. The number of nitrogens with one attached hydrogen (secondary N) is 1. The van der Waals surface area contributed by atoms with Gasteiger partial charge in [-0.1, -0.05) is 37.3 Å². The van der Waals surface area contributed by atoms with Crippen molar-refractivity contribution in [2.45, 2.75) is 32.2 Å². The summed E-state index contributed by atoms with van der Waals surface area (Å²) in [5, 5.41) is 3.53. The number of hydrogen-bond acceptors (Lipinski definition) is 2. The predicted molar refractivity (Wildman–Crippen MR) is 75.5 cm³/mol. The summed E-state index contributed by atoms with van der Waals surface area (Å²) in [7, 11) is 4.25. The van der Waals surface area contributed by atoms with Gasteiger partial charge in [0.25, 0.3) is 0 Å². The third kappa shape index (κ3) is 5.33. The zero-order chi connectivity index (χ0) is 12.7. The van der Waals surface area contributed by atoms with Crippen molar-refractivity contribution >= 4 is 0 Å². The summed E-state index contributed by atoms with van der Waals surface area (Å²) >= 11 is 0. The Labute approximate surface area is 106 Å². The molecule has 2 unspecified atom stereocenters. The van der Waals surface area contributed by atoms with Crippen molar-refractivity contribution in [3.05, 3.63) is 35.9 Å². The summed E-state index contributed by atoms with van der Waals surface area (Å²) in [5.74, 6) is 0.637. The predicted octanol–water partition coefficient (Wildman–Crippen LogP) is 2.72. The molecule has 0 aromatic heterocycles. The lowest BCUT2D eigenvalue weighted by Gasteiger charge is -2.20. The fourth-order valence-corrected chi connectivity index (χ4v) is 1.76. The first-order chi connectivity index (χ1) is 8.11. The van der Waals surface area contributed by atoms with E-state index in [1.807, 2.05) is 0 Å². The molecule has 0 aliphatic heterocycles. The molecule has 2 atom stereocenters. The molecule has 2 nitrogen and oxygen atoms in total. The molecule has 0 fully saturated rings. The number of nitrogens with zero attached hydrogens (tertiary/aromatic N) is 1. The Bertz CT molecular complexity index is 295. The highest BCUT2D eigenvalue weighted by Crippen LogP contribution is 2.17. The van der Waals surface area contributed by atoms with Crippen molar-refractivity contribution in [2.75, 3.05) is 27.2 Å². The quantitative estimate of drug-likeness (QED) is 0.730. The van der Waals surface area contributed by atoms with Crippen LogP contribution in [0.25, 0.3) is 0 Å². The number of rotatable bonds is 7. The van der Waals surface area contributed by atoms with Crippen LogP contribution in [0.4, 0.5) is 0 Å². The van der Waals surface area contributed by atoms with Gasteiger partial charge in [-0.15, -0.1) is 0 Å². The number of benzene rings is 1. The van der Waals surface area contributed by atoms with E-state index in [-0.39, 0.29) is 0 Å². The summed E-state index contributed by atoms with van der Waals surface area (Å²) in [6.45, 7) is 6.70. The summed E-state index contributed by atoms with van der Waals surface area (Å²) in [5.41, 5.74) is 1.44. The van der Waals surface area contributed by atoms with Gasteiger partial charge in [-0.05, 0) is 45.5 Å². The van der Waals surface area contributed by atoms with Crippen LogP contribution in [-0.4, -0.2) is 38.1 Å². The molecule has 0 heterocycles. The van der Waals surface area contributed by atoms with Crippen LogP contribution in [0.1, 0.15) is 31.7 Å². The minimum Gasteiger partial charge on any atom is -0.315 e. The third-order valence-corrected chi connectivity index (χ3v) is 3.44. The second kappa shape index (κ2) is 7.46. The van der Waals surface area contributed by atoms with Gasteiger partial charge in [-0.2, -0.15) is 0 Å². The highest BCUT2D eigenvalue weighted by Gasteiger charge is 2.06. The highest BCUT2D eigenvalue weighted by atomic mass is 15.1. The van der Waals surface area contributed by atoms with Crippen LogP contribution in [-0.2, 0) is 0 Å². The van der Waals surface area contributed by atoms with E-state index < -0.39 is 0 Å². The van der Waals surface area contributed by atoms with Crippen LogP contribution in [0.3, 0.4) is 0 Å². The second-order valence-electron chi connectivity index (χ2n) is 5.12. The molecule has 1 rings (SSSR count). The molecule has 1 aromatic rings. The van der Waals surface area contributed by atoms with Gasteiger partial charge in [0.1, 0.15) is 0 Å². The summed E-state index contributed by atoms with van der Waals surface area (Å²) < 4.78 is 0. The molecule has 2 heteroatoms. The number of hydrogen-bond donors (Lipinski definition) is 1. The Kier molecular flexibility index (Phi) is 6.23. The molecule has 17 heavy (non-hydrogen) atoms. The average molecular weight is 234 g/mol. The zero-order valence-electron chi connectivity index (χ0n) is 11.6. The maximum Gasteiger partial charge on any atom is 0.0186 e. The van der Waals surface area contributed by atoms with Crippen molar-refractivity contribution < 1.29 is 0 Å². The SMILES string of the molecule is CC(CCNCC(C)N(C)C)c1ccccc1. The van der Waals surface area contributed by atoms with E-state index in [2.05, 4.69) is 68.5 Å². The summed E-state index contributed by atoms with van der Waals surface area (Å²) in [4.78, 5) is 2.24. The first-order valence-corrected chi connectivity index (χ1v) is 6.53. The van der Waals surface area contributed by atoms with Gasteiger partial charge in [0.2, 0.25) is 0 Å². The van der Waals surface area contributed by atoms with Gasteiger partial charge in [0, 0.05) is 12.6 Å². The van der Waals surface area contributed by atoms with Gasteiger partial charge in [0.05, 0.1) is 0 Å². The fourth-order valence-electron chi connectivity index (χ4n) is 1.76. The smallest absolute Gasteiger partial charge is 0.0186 e. The zero-order valence-corrected chi connectivity index (χ0v) is 11.6. The molecule has 0 aliphatic carbocycles. The fraction of sp³-hybridized carbons (Fsp3) is 0.600. The van der Waals surface area contributed by atoms with Crippen LogP contribution < -0.4 is 5.32 Å². The van der Waals surface area contributed by atoms with Crippen molar-refractivity contribution in [1.29, 1.82) is 0 Å². The van der Waals surface area contributed by atoms with Crippen molar-refractivity contribution in [1.82, 2.24) is 10.2 Å². The minimum absolute atomic E-state index is 0.599. The molecule has 1 aromatic carbocycles. The Hall–Kier alpha value is -0.860. The van der Waals surface area contributed by atoms with Gasteiger partial charge in [-0.3, -0.25) is 0 Å². The molecule has 0 amide bonds. The number of likely N-dealkylation sites (N-methyl/N-ethyl adjacent to an activating group) is 1. The first-order valence-electron chi connectivity index (χ1n) is 6.53. The maximum atomic E-state index is 3.53. The lowest BCUT2D eigenvalue weighted by molar-refractivity contribution is 0.302. The molecule has 0 aliphatic rings. The van der Waals surface area contributed by atoms with E-state index in [9.17, 15) is 0 Å². The molecule has 0 spiro atoms. The minimum atomic E-state index is 0.599. The molecular formula is C15H26N2. The topological polar surface area (TPSA) is 15.3 Å². The van der Waals surface area contributed by atoms with Crippen LogP contribution in [0.15, 0.2) is 30.3 Å². The molecule has 0 radical (unpaired) electrons. The monoisotopic (exact) mass is 234 g/mol. The molecule has 96 valence electrons. The molecular weight excluding hydrogens is 208 g/mol. The second-order valence-corrected chi connectivity index (χ2v) is 5.12. The van der Waals surface area contributed by atoms with Crippen LogP contribution in [0.2, 0.25) is 0 Å². The lowest BCUT2D eigenvalue weighted by atomic mass is 9.98. The van der Waals surface area contributed by atoms with E-state index >= 15 is 0 Å². The maximum absolute atomic E-state index is 3.53. The Balaban J connectivity index is 2.19. The van der Waals surface area contributed by atoms with E-state index in [4.69, 9.17) is 0 Å². The highest BCUT2D eigenvalue weighted by molar-refractivity contribution is 5.18. The van der Waals surface area contributed by atoms with Gasteiger partial charge >= 0.3 is 0 Å². The Morgan fingerprint density at radius 1 is 1.12 bits per heavy atom. The average Bonchev–Trinajstić information content (AvgIpc) is 2.35. The largest absolute Gasteiger partial charge is 0.315 e. The standard InChI is InChI=1S/C15H26N2/c1-13(15-8-6-5-7-9-15)10-11-16-12-14(2)17(3)4/h5-9,13-14,16H,10-12H2,1-4H3. The van der Waals surface area contributed by atoms with Crippen LogP contribution >= 0.6 is 0 Å². The summed E-state index contributed by atoms with van der Waals surface area (Å²) in [6, 6.07) is 11.3. The normalized spacial score (nSPS) is 14.9. The lowest BCUT2D eigenvalue weighted by Crippen LogP contribution is -2.35. The van der Waals surface area contributed by atoms with Crippen molar-refractivity contribution in [3.63, 3.8) is 0 Å². The van der Waals surface area contributed by atoms with Crippen molar-refractivity contribution in [3.8, 4) is 0 Å². The van der Waals surface area contributed by atoms with Gasteiger partial charge in [0.15, 0.2) is 0 Å². The van der Waals surface area contributed by atoms with Crippen molar-refractivity contribution in [2.24, 2.45) is 0 Å². The third-order valence-electron chi connectivity index (χ3n) is 3.44. The molecule has 0 saturated heterocycles. The van der Waals surface area contributed by atoms with E-state index in [1.165, 1.54) is 12.0 Å². The van der Waals surface area contributed by atoms with E-state index in [1.54, 1.807) is 0 Å². The molecule has 1 N–H and O–H groups in total. The van der Waals surface area contributed by atoms with Crippen LogP contribution in [0, 0.1) is 0 Å². The molecule has 0 bridgehead atoms. The van der Waals surface area contributed by atoms with E-state index in [0.29, 0.717) is 12.0 Å². The Morgan fingerprint density at radius 3 is 2.35 bits per heavy atom. The van der Waals surface area contributed by atoms with Gasteiger partial charge in [-0.25, -0.2) is 0 Å². The molecule has 0 saturated carbocycles. The van der Waals surface area contributed by atoms with Crippen LogP contribution in [0.5, 0.6) is 0 Å². The first kappa shape index (κ1) is 14.2. The van der Waals surface area contributed by atoms with Gasteiger partial charge < -0.3 is 10.2 Å². The Morgan fingerprint density at radius 2 is 1.76 bits per heavy atom. The van der Waals surface area contributed by atoms with E-state index in [0.717, 1.165) is 13.1 Å².